The van der Waals surface area contributed by atoms with Gasteiger partial charge in [0.15, 0.2) is 0 Å². The Morgan fingerprint density at radius 2 is 1.73 bits per heavy atom. The molecule has 126 valence electrons. The van der Waals surface area contributed by atoms with E-state index < -0.39 is 0 Å². The third kappa shape index (κ3) is 6.27. The van der Waals surface area contributed by atoms with Crippen molar-refractivity contribution < 1.29 is 9.90 Å². The van der Waals surface area contributed by atoms with E-state index in [2.05, 4.69) is 5.32 Å². The number of hydrogen-bond donors (Lipinski definition) is 2. The van der Waals surface area contributed by atoms with Gasteiger partial charge in [-0.1, -0.05) is 58.6 Å². The van der Waals surface area contributed by atoms with E-state index in [1.54, 1.807) is 6.07 Å². The molecule has 1 aliphatic rings. The summed E-state index contributed by atoms with van der Waals surface area (Å²) in [6, 6.07) is 4.44. The minimum atomic E-state index is -0.201. The first-order valence-corrected chi connectivity index (χ1v) is 7.81. The molecule has 0 atom stereocenters. The molecule has 1 amide bonds. The second-order valence-corrected chi connectivity index (χ2v) is 5.99. The molecule has 1 saturated carbocycles. The predicted octanol–water partition coefficient (Wildman–Crippen LogP) is 5.41. The van der Waals surface area contributed by atoms with Crippen LogP contribution in [0.15, 0.2) is 18.2 Å². The van der Waals surface area contributed by atoms with E-state index in [1.165, 1.54) is 57.1 Å². The number of benzene rings is 1. The summed E-state index contributed by atoms with van der Waals surface area (Å²) < 4.78 is 0. The Morgan fingerprint density at radius 3 is 2.36 bits per heavy atom. The molecule has 22 heavy (non-hydrogen) atoms. The van der Waals surface area contributed by atoms with Crippen molar-refractivity contribution in [2.45, 2.75) is 59.8 Å². The summed E-state index contributed by atoms with van der Waals surface area (Å²) >= 11 is 5.99. The standard InChI is InChI=1S/C16H22ClNO2.2CH4/c17-15-9-8-13(19)10-14(15)16(20)18-11-12-6-4-2-1-3-5-7-12;;/h8-10,12,19H,1-7,11H2,(H,18,20);2*1H4. The normalized spacial score (nSPS) is 15.7. The molecular formula is C18H30ClNO2. The lowest BCUT2D eigenvalue weighted by molar-refractivity contribution is 0.0944. The van der Waals surface area contributed by atoms with Crippen LogP contribution >= 0.6 is 11.6 Å². The summed E-state index contributed by atoms with van der Waals surface area (Å²) in [5, 5.41) is 12.8. The van der Waals surface area contributed by atoms with Crippen LogP contribution in [0.25, 0.3) is 0 Å². The van der Waals surface area contributed by atoms with Crippen molar-refractivity contribution in [1.82, 2.24) is 5.32 Å². The number of carbonyl (C=O) groups is 1. The molecule has 0 spiro atoms. The van der Waals surface area contributed by atoms with Crippen molar-refractivity contribution in [3.63, 3.8) is 0 Å². The third-order valence-corrected chi connectivity index (χ3v) is 4.30. The molecule has 0 saturated heterocycles. The fourth-order valence-electron chi connectivity index (χ4n) is 2.76. The number of hydrogen-bond acceptors (Lipinski definition) is 2. The highest BCUT2D eigenvalue weighted by molar-refractivity contribution is 6.33. The van der Waals surface area contributed by atoms with Gasteiger partial charge in [0.1, 0.15) is 5.75 Å². The molecule has 0 bridgehead atoms. The maximum Gasteiger partial charge on any atom is 0.252 e. The first-order chi connectivity index (χ1) is 9.66. The summed E-state index contributed by atoms with van der Waals surface area (Å²) in [6.45, 7) is 0.699. The fourth-order valence-corrected chi connectivity index (χ4v) is 2.97. The van der Waals surface area contributed by atoms with Gasteiger partial charge in [-0.15, -0.1) is 0 Å². The number of phenols is 1. The summed E-state index contributed by atoms with van der Waals surface area (Å²) in [7, 11) is 0. The van der Waals surface area contributed by atoms with Crippen molar-refractivity contribution >= 4 is 17.5 Å². The Kier molecular flexibility index (Phi) is 9.91. The predicted molar refractivity (Wildman–Crippen MR) is 94.7 cm³/mol. The van der Waals surface area contributed by atoms with Gasteiger partial charge in [-0.3, -0.25) is 4.79 Å². The average molecular weight is 328 g/mol. The molecule has 0 unspecified atom stereocenters. The zero-order chi connectivity index (χ0) is 14.4. The van der Waals surface area contributed by atoms with E-state index in [4.69, 9.17) is 11.6 Å². The van der Waals surface area contributed by atoms with Crippen LogP contribution in [0.3, 0.4) is 0 Å². The van der Waals surface area contributed by atoms with Crippen molar-refractivity contribution in [2.24, 2.45) is 5.92 Å². The summed E-state index contributed by atoms with van der Waals surface area (Å²) in [5.41, 5.74) is 0.345. The molecule has 1 aromatic carbocycles. The molecule has 2 N–H and O–H groups in total. The molecule has 0 heterocycles. The van der Waals surface area contributed by atoms with Gasteiger partial charge in [-0.25, -0.2) is 0 Å². The second-order valence-electron chi connectivity index (χ2n) is 5.59. The number of rotatable bonds is 3. The van der Waals surface area contributed by atoms with Gasteiger partial charge in [-0.05, 0) is 37.0 Å². The van der Waals surface area contributed by atoms with Gasteiger partial charge in [0.05, 0.1) is 10.6 Å². The van der Waals surface area contributed by atoms with Crippen LogP contribution in [0.4, 0.5) is 0 Å². The van der Waals surface area contributed by atoms with Gasteiger partial charge < -0.3 is 10.4 Å². The Balaban J connectivity index is 0.00000220. The number of amides is 1. The monoisotopic (exact) mass is 327 g/mol. The molecular weight excluding hydrogens is 298 g/mol. The minimum absolute atomic E-state index is 0. The van der Waals surface area contributed by atoms with Gasteiger partial charge in [0, 0.05) is 6.54 Å². The minimum Gasteiger partial charge on any atom is -0.508 e. The Bertz CT molecular complexity index is 454. The molecule has 1 aliphatic carbocycles. The number of aromatic hydroxyl groups is 1. The fraction of sp³-hybridized carbons (Fsp3) is 0.611. The maximum absolute atomic E-state index is 12.1. The smallest absolute Gasteiger partial charge is 0.252 e. The van der Waals surface area contributed by atoms with E-state index in [0.29, 0.717) is 23.0 Å². The molecule has 4 heteroatoms. The molecule has 0 radical (unpaired) electrons. The van der Waals surface area contributed by atoms with Crippen LogP contribution in [0, 0.1) is 5.92 Å². The highest BCUT2D eigenvalue weighted by atomic mass is 35.5. The second kappa shape index (κ2) is 10.5. The van der Waals surface area contributed by atoms with Crippen molar-refractivity contribution in [3.8, 4) is 5.75 Å². The quantitative estimate of drug-likeness (QED) is 0.780. The Hall–Kier alpha value is -1.22. The molecule has 3 nitrogen and oxygen atoms in total. The Morgan fingerprint density at radius 1 is 1.14 bits per heavy atom. The molecule has 1 fully saturated rings. The maximum atomic E-state index is 12.1. The first kappa shape index (κ1) is 20.8. The lowest BCUT2D eigenvalue weighted by atomic mass is 9.91. The van der Waals surface area contributed by atoms with E-state index in [-0.39, 0.29) is 26.5 Å². The third-order valence-electron chi connectivity index (χ3n) is 3.97. The van der Waals surface area contributed by atoms with E-state index in [1.807, 2.05) is 0 Å². The van der Waals surface area contributed by atoms with Crippen LogP contribution < -0.4 is 5.32 Å². The first-order valence-electron chi connectivity index (χ1n) is 7.43. The van der Waals surface area contributed by atoms with Crippen LogP contribution in [0.1, 0.15) is 70.2 Å². The topological polar surface area (TPSA) is 49.3 Å². The zero-order valence-corrected chi connectivity index (χ0v) is 12.5. The lowest BCUT2D eigenvalue weighted by Gasteiger charge is -2.20. The van der Waals surface area contributed by atoms with Crippen LogP contribution in [0.5, 0.6) is 5.75 Å². The summed E-state index contributed by atoms with van der Waals surface area (Å²) in [4.78, 5) is 12.1. The van der Waals surface area contributed by atoms with Gasteiger partial charge in [-0.2, -0.15) is 0 Å². The van der Waals surface area contributed by atoms with Crippen molar-refractivity contribution in [2.75, 3.05) is 6.54 Å². The van der Waals surface area contributed by atoms with Crippen LogP contribution in [0.2, 0.25) is 5.02 Å². The molecule has 2 rings (SSSR count). The van der Waals surface area contributed by atoms with Gasteiger partial charge in [0.2, 0.25) is 0 Å². The van der Waals surface area contributed by atoms with Crippen molar-refractivity contribution in [3.05, 3.63) is 28.8 Å². The summed E-state index contributed by atoms with van der Waals surface area (Å²) in [6.07, 6.45) is 8.85. The van der Waals surface area contributed by atoms with Crippen LogP contribution in [-0.2, 0) is 0 Å². The highest BCUT2D eigenvalue weighted by Gasteiger charge is 2.15. The van der Waals surface area contributed by atoms with E-state index >= 15 is 0 Å². The number of nitrogens with one attached hydrogen (secondary N) is 1. The molecule has 0 aliphatic heterocycles. The zero-order valence-electron chi connectivity index (χ0n) is 11.7. The average Bonchev–Trinajstić information content (AvgIpc) is 2.40. The lowest BCUT2D eigenvalue weighted by Crippen LogP contribution is -2.29. The summed E-state index contributed by atoms with van der Waals surface area (Å²) in [5.74, 6) is 0.425. The Labute approximate surface area is 140 Å². The SMILES string of the molecule is C.C.O=C(NCC1CCCCCCC1)c1cc(O)ccc1Cl. The highest BCUT2D eigenvalue weighted by Crippen LogP contribution is 2.23. The largest absolute Gasteiger partial charge is 0.508 e. The van der Waals surface area contributed by atoms with Gasteiger partial charge in [0.25, 0.3) is 5.91 Å². The van der Waals surface area contributed by atoms with Crippen molar-refractivity contribution in [1.29, 1.82) is 0 Å². The molecule has 0 aromatic heterocycles. The number of halogens is 1. The van der Waals surface area contributed by atoms with E-state index in [9.17, 15) is 9.90 Å². The number of carbonyl (C=O) groups excluding carboxylic acids is 1. The molecule has 1 aromatic rings. The van der Waals surface area contributed by atoms with Gasteiger partial charge >= 0.3 is 0 Å². The van der Waals surface area contributed by atoms with E-state index in [0.717, 1.165) is 0 Å². The van der Waals surface area contributed by atoms with Crippen LogP contribution in [-0.4, -0.2) is 17.6 Å². The number of phenolic OH excluding ortho intramolecular Hbond substituents is 1.